The van der Waals surface area contributed by atoms with Crippen molar-refractivity contribution < 1.29 is 0 Å². The van der Waals surface area contributed by atoms with Crippen molar-refractivity contribution in [1.82, 2.24) is 4.57 Å². The van der Waals surface area contributed by atoms with Gasteiger partial charge in [-0.15, -0.1) is 0 Å². The van der Waals surface area contributed by atoms with Crippen LogP contribution in [0.4, 0.5) is 11.4 Å². The molecule has 7 aromatic carbocycles. The third-order valence-corrected chi connectivity index (χ3v) is 12.5. The number of para-hydroxylation sites is 3. The van der Waals surface area contributed by atoms with E-state index in [1.807, 2.05) is 0 Å². The molecule has 0 unspecified atom stereocenters. The predicted molar refractivity (Wildman–Crippen MR) is 221 cm³/mol. The lowest BCUT2D eigenvalue weighted by atomic mass is 9.57. The summed E-state index contributed by atoms with van der Waals surface area (Å²) < 4.78 is 2.63. The molecule has 1 N–H and O–H groups in total. The normalized spacial score (nSPS) is 15.1. The van der Waals surface area contributed by atoms with E-state index in [9.17, 15) is 0 Å². The standard InChI is InChI=1S/C49H38BN2/c1-28-20-23-30(24-21-28)51-42-19-9-7-13-32(42)36-27-34(29-22-25-38-35(26-29)31-12-6-8-15-37(31)48(38,2)3)43-33-14-10-16-39-45(33)52-46-40(49(39,4)5)17-11-18-41(46)50-44(36)47(43)52/h6-27,51H,1-5H3. The Morgan fingerprint density at radius 3 is 2.08 bits per heavy atom. The molecule has 8 aromatic rings. The van der Waals surface area contributed by atoms with E-state index in [1.165, 1.54) is 99.6 Å². The molecule has 3 heterocycles. The molecule has 247 valence electrons. The average Bonchev–Trinajstić information content (AvgIpc) is 3.62. The van der Waals surface area contributed by atoms with Crippen molar-refractivity contribution in [2.45, 2.75) is 45.4 Å². The first-order valence-electron chi connectivity index (χ1n) is 18.5. The molecule has 52 heavy (non-hydrogen) atoms. The molecule has 11 rings (SSSR count). The summed E-state index contributed by atoms with van der Waals surface area (Å²) in [7, 11) is 2.46. The zero-order valence-corrected chi connectivity index (χ0v) is 30.2. The summed E-state index contributed by atoms with van der Waals surface area (Å²) in [5, 5.41) is 6.46. The van der Waals surface area contributed by atoms with E-state index in [0.29, 0.717) is 0 Å². The van der Waals surface area contributed by atoms with E-state index in [2.05, 4.69) is 185 Å². The molecule has 1 aliphatic carbocycles. The molecule has 0 atom stereocenters. The van der Waals surface area contributed by atoms with Crippen LogP contribution in [0, 0.1) is 6.92 Å². The van der Waals surface area contributed by atoms with Gasteiger partial charge in [0.2, 0.25) is 0 Å². The van der Waals surface area contributed by atoms with E-state index < -0.39 is 0 Å². The van der Waals surface area contributed by atoms with E-state index in [4.69, 9.17) is 0 Å². The smallest absolute Gasteiger partial charge is 0.197 e. The minimum Gasteiger partial charge on any atom is -0.355 e. The molecule has 0 spiro atoms. The number of hydrogen-bond acceptors (Lipinski definition) is 1. The van der Waals surface area contributed by atoms with Crippen LogP contribution in [0.25, 0.3) is 60.9 Å². The Morgan fingerprint density at radius 2 is 1.23 bits per heavy atom. The molecule has 1 aromatic heterocycles. The Balaban J connectivity index is 1.27. The SMILES string of the molecule is Cc1ccc(Nc2ccccc2-c2cc(-c3ccc4c(c3)-c3ccccc3C4(C)C)c3c4cccc5c4n4c3c2[B]c2cccc(c2-4)C5(C)C)cc1. The quantitative estimate of drug-likeness (QED) is 0.185. The minimum absolute atomic E-state index is 0.0411. The summed E-state index contributed by atoms with van der Waals surface area (Å²) in [5.41, 5.74) is 23.0. The lowest BCUT2D eigenvalue weighted by Crippen LogP contribution is -2.41. The van der Waals surface area contributed by atoms with Crippen molar-refractivity contribution in [2.24, 2.45) is 0 Å². The van der Waals surface area contributed by atoms with Crippen LogP contribution in [0.3, 0.4) is 0 Å². The number of rotatable bonds is 4. The fourth-order valence-electron chi connectivity index (χ4n) is 9.85. The zero-order valence-electron chi connectivity index (χ0n) is 30.2. The second-order valence-electron chi connectivity index (χ2n) is 16.1. The number of aromatic nitrogens is 1. The molecule has 0 fully saturated rings. The summed E-state index contributed by atoms with van der Waals surface area (Å²) in [6.07, 6.45) is 0. The summed E-state index contributed by atoms with van der Waals surface area (Å²) in [6, 6.07) is 50.1. The van der Waals surface area contributed by atoms with Crippen LogP contribution >= 0.6 is 0 Å². The van der Waals surface area contributed by atoms with Gasteiger partial charge in [0.25, 0.3) is 0 Å². The number of nitrogens with zero attached hydrogens (tertiary/aromatic N) is 1. The second kappa shape index (κ2) is 10.2. The summed E-state index contributed by atoms with van der Waals surface area (Å²) in [4.78, 5) is 0. The molecule has 3 heteroatoms. The first kappa shape index (κ1) is 29.9. The van der Waals surface area contributed by atoms with Crippen molar-refractivity contribution in [3.05, 3.63) is 161 Å². The van der Waals surface area contributed by atoms with Crippen molar-refractivity contribution >= 4 is 51.4 Å². The molecule has 1 radical (unpaired) electrons. The largest absolute Gasteiger partial charge is 0.355 e. The molecular formula is C49H38BN2. The van der Waals surface area contributed by atoms with Crippen molar-refractivity contribution in [3.8, 4) is 39.1 Å². The van der Waals surface area contributed by atoms with Gasteiger partial charge in [-0.25, -0.2) is 0 Å². The average molecular weight is 666 g/mol. The minimum atomic E-state index is -0.128. The fraction of sp³-hybridized carbons (Fsp3) is 0.143. The Hall–Kier alpha value is -5.80. The highest BCUT2D eigenvalue weighted by atomic mass is 15.0. The van der Waals surface area contributed by atoms with Crippen molar-refractivity contribution in [3.63, 3.8) is 0 Å². The van der Waals surface area contributed by atoms with Crippen LogP contribution in [0.1, 0.15) is 55.5 Å². The Morgan fingerprint density at radius 1 is 0.538 bits per heavy atom. The number of benzene rings is 7. The summed E-state index contributed by atoms with van der Waals surface area (Å²) in [5.74, 6) is 0. The van der Waals surface area contributed by atoms with E-state index in [-0.39, 0.29) is 10.8 Å². The van der Waals surface area contributed by atoms with Gasteiger partial charge in [0.15, 0.2) is 7.28 Å². The highest BCUT2D eigenvalue weighted by Crippen LogP contribution is 2.53. The third-order valence-electron chi connectivity index (χ3n) is 12.5. The molecule has 2 nitrogen and oxygen atoms in total. The third kappa shape index (κ3) is 3.81. The number of hydrogen-bond donors (Lipinski definition) is 1. The summed E-state index contributed by atoms with van der Waals surface area (Å²) in [6.45, 7) is 11.7. The highest BCUT2D eigenvalue weighted by molar-refractivity contribution is 6.73. The highest BCUT2D eigenvalue weighted by Gasteiger charge is 2.40. The van der Waals surface area contributed by atoms with Crippen LogP contribution in [0.2, 0.25) is 0 Å². The maximum Gasteiger partial charge on any atom is 0.197 e. The summed E-state index contributed by atoms with van der Waals surface area (Å²) >= 11 is 0. The maximum atomic E-state index is 3.80. The molecule has 0 amide bonds. The van der Waals surface area contributed by atoms with Crippen molar-refractivity contribution in [2.75, 3.05) is 5.32 Å². The molecule has 0 saturated heterocycles. The number of aryl methyl sites for hydroxylation is 1. The van der Waals surface area contributed by atoms with Crippen LogP contribution in [-0.2, 0) is 10.8 Å². The zero-order chi connectivity index (χ0) is 35.1. The molecule has 3 aliphatic rings. The van der Waals surface area contributed by atoms with Gasteiger partial charge in [-0.1, -0.05) is 142 Å². The predicted octanol–water partition coefficient (Wildman–Crippen LogP) is 11.1. The Kier molecular flexibility index (Phi) is 5.84. The van der Waals surface area contributed by atoms with Gasteiger partial charge < -0.3 is 9.88 Å². The van der Waals surface area contributed by atoms with Gasteiger partial charge in [0.1, 0.15) is 0 Å². The first-order valence-corrected chi connectivity index (χ1v) is 18.5. The van der Waals surface area contributed by atoms with Crippen LogP contribution in [-0.4, -0.2) is 11.8 Å². The van der Waals surface area contributed by atoms with Gasteiger partial charge >= 0.3 is 0 Å². The Labute approximate surface area is 306 Å². The van der Waals surface area contributed by atoms with Crippen molar-refractivity contribution in [1.29, 1.82) is 0 Å². The van der Waals surface area contributed by atoms with Crippen LogP contribution in [0.15, 0.2) is 133 Å². The van der Waals surface area contributed by atoms with Gasteiger partial charge in [-0.05, 0) is 92.8 Å². The van der Waals surface area contributed by atoms with E-state index >= 15 is 0 Å². The number of anilines is 2. The second-order valence-corrected chi connectivity index (χ2v) is 16.1. The molecule has 0 saturated carbocycles. The first-order chi connectivity index (χ1) is 25.2. The molecule has 2 aliphatic heterocycles. The lowest BCUT2D eigenvalue weighted by molar-refractivity contribution is 0.631. The van der Waals surface area contributed by atoms with Crippen LogP contribution in [0.5, 0.6) is 0 Å². The van der Waals surface area contributed by atoms with E-state index in [0.717, 1.165) is 11.4 Å². The maximum absolute atomic E-state index is 3.80. The Bertz CT molecular complexity index is 2850. The van der Waals surface area contributed by atoms with Gasteiger partial charge in [0, 0.05) is 49.7 Å². The van der Waals surface area contributed by atoms with Crippen LogP contribution < -0.4 is 16.2 Å². The number of fused-ring (bicyclic) bond motifs is 4. The fourth-order valence-corrected chi connectivity index (χ4v) is 9.85. The number of nitrogens with one attached hydrogen (secondary N) is 1. The van der Waals surface area contributed by atoms with E-state index in [1.54, 1.807) is 0 Å². The lowest BCUT2D eigenvalue weighted by Gasteiger charge is -2.37. The monoisotopic (exact) mass is 665 g/mol. The van der Waals surface area contributed by atoms with Gasteiger partial charge in [-0.2, -0.15) is 0 Å². The molecular weight excluding hydrogens is 627 g/mol. The topological polar surface area (TPSA) is 17.0 Å². The molecule has 0 bridgehead atoms. The van der Waals surface area contributed by atoms with Gasteiger partial charge in [0.05, 0.1) is 5.52 Å². The van der Waals surface area contributed by atoms with Gasteiger partial charge in [-0.3, -0.25) is 0 Å².